The van der Waals surface area contributed by atoms with Crippen molar-refractivity contribution < 1.29 is 18.3 Å². The molecule has 3 aromatic rings. The second-order valence-corrected chi connectivity index (χ2v) is 8.91. The summed E-state index contributed by atoms with van der Waals surface area (Å²) in [6, 6.07) is 16.8. The average molecular weight is 468 g/mol. The van der Waals surface area contributed by atoms with Gasteiger partial charge < -0.3 is 10.8 Å². The number of benzene rings is 2. The fraction of sp³-hybridized carbons (Fsp3) is 0.0476. The van der Waals surface area contributed by atoms with Crippen molar-refractivity contribution in [2.45, 2.75) is 11.3 Å². The number of thiazole rings is 1. The Labute approximate surface area is 188 Å². The number of nitriles is 1. The molecule has 0 aliphatic heterocycles. The van der Waals surface area contributed by atoms with E-state index in [1.54, 1.807) is 36.4 Å². The van der Waals surface area contributed by atoms with E-state index in [2.05, 4.69) is 9.98 Å². The lowest BCUT2D eigenvalue weighted by atomic mass is 9.96. The molecule has 2 aromatic carbocycles. The molecule has 0 aliphatic carbocycles. The molecule has 0 aliphatic rings. The lowest BCUT2D eigenvalue weighted by Crippen LogP contribution is -2.13. The van der Waals surface area contributed by atoms with Crippen LogP contribution < -0.4 is 10.9 Å². The molecule has 0 spiro atoms. The van der Waals surface area contributed by atoms with Crippen LogP contribution in [0.25, 0.3) is 5.70 Å². The topological polar surface area (TPSA) is 173 Å². The molecule has 11 heteroatoms. The Morgan fingerprint density at radius 3 is 2.34 bits per heavy atom. The van der Waals surface area contributed by atoms with Crippen molar-refractivity contribution in [3.63, 3.8) is 0 Å². The standard InChI is InChI=1S/C21H17N5O4S2/c22-11-17(25-21-26-18(12-31-21)20(27)28)16(19(23)14-4-2-1-3-5-14)10-13-6-8-15(9-7-13)32(24,29)30/h1-9,12H,10,23H2,(H,27,28)(H2,24,29,30). The largest absolute Gasteiger partial charge is 0.476 e. The first-order valence-corrected chi connectivity index (χ1v) is 11.5. The summed E-state index contributed by atoms with van der Waals surface area (Å²) in [7, 11) is -3.84. The number of nitrogens with zero attached hydrogens (tertiary/aromatic N) is 3. The van der Waals surface area contributed by atoms with Gasteiger partial charge in [-0.25, -0.2) is 28.3 Å². The molecule has 9 nitrogen and oxygen atoms in total. The number of aliphatic imine (C=N–C) groups is 1. The highest BCUT2D eigenvalue weighted by Crippen LogP contribution is 2.24. The molecule has 162 valence electrons. The fourth-order valence-corrected chi connectivity index (χ4v) is 3.95. The Kier molecular flexibility index (Phi) is 6.79. The molecule has 0 atom stereocenters. The van der Waals surface area contributed by atoms with Crippen molar-refractivity contribution in [3.8, 4) is 6.07 Å². The first kappa shape index (κ1) is 22.8. The molecule has 5 N–H and O–H groups in total. The number of hydrogen-bond acceptors (Lipinski definition) is 8. The molecule has 32 heavy (non-hydrogen) atoms. The minimum absolute atomic E-state index is 0.0341. The number of hydrogen-bond donors (Lipinski definition) is 3. The van der Waals surface area contributed by atoms with Crippen molar-refractivity contribution in [3.05, 3.63) is 82.4 Å². The third kappa shape index (κ3) is 5.44. The van der Waals surface area contributed by atoms with Gasteiger partial charge >= 0.3 is 5.97 Å². The number of aromatic carboxylic acids is 1. The van der Waals surface area contributed by atoms with Crippen LogP contribution in [-0.4, -0.2) is 30.2 Å². The fourth-order valence-electron chi connectivity index (χ4n) is 2.77. The number of carboxylic acids is 1. The normalized spacial score (nSPS) is 12.7. The Hall–Kier alpha value is -3.85. The van der Waals surface area contributed by atoms with Gasteiger partial charge in [-0.2, -0.15) is 5.26 Å². The monoisotopic (exact) mass is 467 g/mol. The number of allylic oxidation sites excluding steroid dienone is 1. The molecular weight excluding hydrogens is 450 g/mol. The zero-order valence-electron chi connectivity index (χ0n) is 16.5. The first-order chi connectivity index (χ1) is 15.2. The Bertz CT molecular complexity index is 1350. The summed E-state index contributed by atoms with van der Waals surface area (Å²) in [6.45, 7) is 0. The van der Waals surface area contributed by atoms with Gasteiger partial charge in [-0.05, 0) is 23.3 Å². The molecule has 0 fully saturated rings. The molecular formula is C21H17N5O4S2. The van der Waals surface area contributed by atoms with Crippen molar-refractivity contribution in [2.24, 2.45) is 15.9 Å². The molecule has 0 bridgehead atoms. The maximum Gasteiger partial charge on any atom is 0.355 e. The smallest absolute Gasteiger partial charge is 0.355 e. The quantitative estimate of drug-likeness (QED) is 0.448. The van der Waals surface area contributed by atoms with E-state index in [1.165, 1.54) is 17.5 Å². The summed E-state index contributed by atoms with van der Waals surface area (Å²) in [5, 5.41) is 25.4. The molecule has 0 amide bonds. The van der Waals surface area contributed by atoms with Crippen LogP contribution in [0.5, 0.6) is 0 Å². The van der Waals surface area contributed by atoms with Crippen molar-refractivity contribution in [1.82, 2.24) is 4.98 Å². The summed E-state index contributed by atoms with van der Waals surface area (Å²) in [5.74, 6) is -1.20. The van der Waals surface area contributed by atoms with Gasteiger partial charge in [0.2, 0.25) is 15.2 Å². The zero-order chi connectivity index (χ0) is 23.3. The van der Waals surface area contributed by atoms with E-state index in [-0.39, 0.29) is 27.9 Å². The van der Waals surface area contributed by atoms with Crippen LogP contribution >= 0.6 is 11.3 Å². The van der Waals surface area contributed by atoms with Gasteiger partial charge in [-0.3, -0.25) is 0 Å². The lowest BCUT2D eigenvalue weighted by molar-refractivity contribution is 0.0691. The van der Waals surface area contributed by atoms with Crippen LogP contribution in [0.4, 0.5) is 5.13 Å². The van der Waals surface area contributed by atoms with Gasteiger partial charge in [0.15, 0.2) is 5.69 Å². The summed E-state index contributed by atoms with van der Waals surface area (Å²) in [5.41, 5.74) is 8.20. The SMILES string of the molecule is N#CC(=Nc1nc(C(=O)O)cs1)C(Cc1ccc(S(N)(=O)=O)cc1)=C(N)c1ccccc1. The number of aromatic nitrogens is 1. The number of sulfonamides is 1. The minimum atomic E-state index is -3.84. The van der Waals surface area contributed by atoms with Gasteiger partial charge in [0.25, 0.3) is 0 Å². The number of carbonyl (C=O) groups is 1. The van der Waals surface area contributed by atoms with Gasteiger partial charge in [-0.1, -0.05) is 42.5 Å². The lowest BCUT2D eigenvalue weighted by Gasteiger charge is -2.12. The highest BCUT2D eigenvalue weighted by Gasteiger charge is 2.17. The molecule has 1 aromatic heterocycles. The van der Waals surface area contributed by atoms with E-state index in [9.17, 15) is 18.5 Å². The van der Waals surface area contributed by atoms with Crippen molar-refractivity contribution in [2.75, 3.05) is 0 Å². The summed E-state index contributed by atoms with van der Waals surface area (Å²) < 4.78 is 23.0. The van der Waals surface area contributed by atoms with Crippen LogP contribution in [-0.2, 0) is 16.4 Å². The predicted octanol–water partition coefficient (Wildman–Crippen LogP) is 2.70. The molecule has 3 rings (SSSR count). The number of rotatable bonds is 7. The third-order valence-corrected chi connectivity index (χ3v) is 6.02. The Morgan fingerprint density at radius 2 is 1.81 bits per heavy atom. The molecule has 0 radical (unpaired) electrons. The van der Waals surface area contributed by atoms with Gasteiger partial charge in [0.1, 0.15) is 11.8 Å². The number of primary sulfonamides is 1. The summed E-state index contributed by atoms with van der Waals surface area (Å²) in [4.78, 5) is 19.2. The average Bonchev–Trinajstić information content (AvgIpc) is 3.25. The van der Waals surface area contributed by atoms with Crippen LogP contribution in [0, 0.1) is 11.3 Å². The zero-order valence-corrected chi connectivity index (χ0v) is 18.1. The van der Waals surface area contributed by atoms with E-state index < -0.39 is 16.0 Å². The van der Waals surface area contributed by atoms with E-state index >= 15 is 0 Å². The highest BCUT2D eigenvalue weighted by atomic mass is 32.2. The first-order valence-electron chi connectivity index (χ1n) is 9.03. The van der Waals surface area contributed by atoms with Crippen LogP contribution in [0.2, 0.25) is 0 Å². The second kappa shape index (κ2) is 9.52. The van der Waals surface area contributed by atoms with Gasteiger partial charge in [-0.15, -0.1) is 11.3 Å². The number of nitrogens with two attached hydrogens (primary N) is 2. The second-order valence-electron chi connectivity index (χ2n) is 6.52. The molecule has 0 saturated heterocycles. The highest BCUT2D eigenvalue weighted by molar-refractivity contribution is 7.89. The van der Waals surface area contributed by atoms with E-state index in [0.717, 1.165) is 11.3 Å². The van der Waals surface area contributed by atoms with Crippen LogP contribution in [0.15, 0.2) is 75.4 Å². The van der Waals surface area contributed by atoms with Crippen molar-refractivity contribution >= 4 is 43.9 Å². The van der Waals surface area contributed by atoms with E-state index in [4.69, 9.17) is 16.0 Å². The third-order valence-electron chi connectivity index (χ3n) is 4.35. The van der Waals surface area contributed by atoms with Gasteiger partial charge in [0.05, 0.1) is 4.90 Å². The van der Waals surface area contributed by atoms with E-state index in [1.807, 2.05) is 12.1 Å². The molecule has 0 saturated carbocycles. The minimum Gasteiger partial charge on any atom is -0.476 e. The molecule has 1 heterocycles. The summed E-state index contributed by atoms with van der Waals surface area (Å²) in [6.07, 6.45) is 0.162. The van der Waals surface area contributed by atoms with Crippen molar-refractivity contribution in [1.29, 1.82) is 5.26 Å². The maximum atomic E-state index is 11.5. The summed E-state index contributed by atoms with van der Waals surface area (Å²) >= 11 is 0.983. The maximum absolute atomic E-state index is 11.5. The molecule has 0 unspecified atom stereocenters. The van der Waals surface area contributed by atoms with Crippen LogP contribution in [0.3, 0.4) is 0 Å². The van der Waals surface area contributed by atoms with Gasteiger partial charge in [0, 0.05) is 23.1 Å². The number of carboxylic acid groups (broad SMARTS) is 1. The van der Waals surface area contributed by atoms with Crippen LogP contribution in [0.1, 0.15) is 21.6 Å². The predicted molar refractivity (Wildman–Crippen MR) is 121 cm³/mol. The van der Waals surface area contributed by atoms with E-state index in [0.29, 0.717) is 22.4 Å². The Morgan fingerprint density at radius 1 is 1.16 bits per heavy atom. The Balaban J connectivity index is 2.08.